The van der Waals surface area contributed by atoms with Crippen molar-refractivity contribution in [2.75, 3.05) is 6.61 Å². The molecule has 1 atom stereocenters. The van der Waals surface area contributed by atoms with Gasteiger partial charge in [-0.1, -0.05) is 26.8 Å². The topological polar surface area (TPSA) is 84.3 Å². The van der Waals surface area contributed by atoms with E-state index in [1.807, 2.05) is 20.8 Å². The van der Waals surface area contributed by atoms with Crippen LogP contribution in [0.5, 0.6) is 5.75 Å². The van der Waals surface area contributed by atoms with E-state index in [0.717, 1.165) is 12.8 Å². The van der Waals surface area contributed by atoms with Gasteiger partial charge in [0.05, 0.1) is 12.8 Å². The van der Waals surface area contributed by atoms with Gasteiger partial charge in [0.2, 0.25) is 5.95 Å². The maximum Gasteiger partial charge on any atom is 0.404 e. The van der Waals surface area contributed by atoms with Gasteiger partial charge >= 0.3 is 6.09 Å². The van der Waals surface area contributed by atoms with Crippen LogP contribution in [0.25, 0.3) is 11.1 Å². The van der Waals surface area contributed by atoms with Gasteiger partial charge in [0, 0.05) is 35.0 Å². The standard InChI is InChI=1S/C20H24FN3O3/c1-19(2,3)17(24-18(25)26)20(6-7-20)12-27-14-9-15(16(21)23-11-14)13-5-4-8-22-10-13/h4-5,8-11,17,24H,6-7,12H2,1-3H3,(H,25,26). The highest BCUT2D eigenvalue weighted by atomic mass is 19.1. The summed E-state index contributed by atoms with van der Waals surface area (Å²) < 4.78 is 20.0. The zero-order valence-corrected chi connectivity index (χ0v) is 15.7. The van der Waals surface area contributed by atoms with Gasteiger partial charge in [0.25, 0.3) is 0 Å². The molecule has 0 spiro atoms. The first-order valence-corrected chi connectivity index (χ1v) is 8.89. The summed E-state index contributed by atoms with van der Waals surface area (Å²) in [5.74, 6) is -0.138. The summed E-state index contributed by atoms with van der Waals surface area (Å²) in [7, 11) is 0. The van der Waals surface area contributed by atoms with E-state index in [0.29, 0.717) is 23.5 Å². The van der Waals surface area contributed by atoms with Gasteiger partial charge in [-0.2, -0.15) is 4.39 Å². The smallest absolute Gasteiger partial charge is 0.404 e. The third-order valence-corrected chi connectivity index (χ3v) is 4.95. The van der Waals surface area contributed by atoms with Gasteiger partial charge in [-0.15, -0.1) is 0 Å². The number of aromatic nitrogens is 2. The SMILES string of the molecule is CC(C)(C)C(NC(=O)O)C1(COc2cnc(F)c(-c3cccnc3)c2)CC1. The summed E-state index contributed by atoms with van der Waals surface area (Å²) >= 11 is 0. The lowest BCUT2D eigenvalue weighted by Crippen LogP contribution is -2.51. The van der Waals surface area contributed by atoms with Crippen LogP contribution in [0, 0.1) is 16.8 Å². The number of hydrogen-bond donors (Lipinski definition) is 2. The first kappa shape index (κ1) is 19.1. The van der Waals surface area contributed by atoms with Crippen LogP contribution < -0.4 is 10.1 Å². The molecule has 0 radical (unpaired) electrons. The number of rotatable bonds is 6. The van der Waals surface area contributed by atoms with Gasteiger partial charge in [0.15, 0.2) is 0 Å². The number of pyridine rings is 2. The van der Waals surface area contributed by atoms with Gasteiger partial charge in [-0.05, 0) is 30.4 Å². The van der Waals surface area contributed by atoms with Crippen LogP contribution in [0.4, 0.5) is 9.18 Å². The van der Waals surface area contributed by atoms with Gasteiger partial charge in [-0.25, -0.2) is 9.78 Å². The monoisotopic (exact) mass is 373 g/mol. The van der Waals surface area contributed by atoms with Crippen molar-refractivity contribution in [1.82, 2.24) is 15.3 Å². The average molecular weight is 373 g/mol. The molecule has 27 heavy (non-hydrogen) atoms. The first-order chi connectivity index (χ1) is 12.7. The molecule has 0 aliphatic heterocycles. The van der Waals surface area contributed by atoms with Crippen molar-refractivity contribution in [2.24, 2.45) is 10.8 Å². The van der Waals surface area contributed by atoms with Gasteiger partial charge < -0.3 is 15.2 Å². The van der Waals surface area contributed by atoms with Crippen LogP contribution in [-0.2, 0) is 0 Å². The summed E-state index contributed by atoms with van der Waals surface area (Å²) in [6.45, 7) is 6.36. The van der Waals surface area contributed by atoms with E-state index in [-0.39, 0.29) is 16.9 Å². The number of nitrogens with one attached hydrogen (secondary N) is 1. The number of nitrogens with zero attached hydrogens (tertiary/aromatic N) is 2. The quantitative estimate of drug-likeness (QED) is 0.744. The number of carbonyl (C=O) groups is 1. The number of hydrogen-bond acceptors (Lipinski definition) is 4. The molecule has 0 aromatic carbocycles. The highest BCUT2D eigenvalue weighted by molar-refractivity contribution is 5.65. The van der Waals surface area contributed by atoms with Crippen molar-refractivity contribution in [2.45, 2.75) is 39.7 Å². The van der Waals surface area contributed by atoms with Crippen molar-refractivity contribution in [3.63, 3.8) is 0 Å². The van der Waals surface area contributed by atoms with E-state index in [1.54, 1.807) is 30.6 Å². The molecule has 2 aromatic heterocycles. The minimum atomic E-state index is -1.04. The van der Waals surface area contributed by atoms with Crippen molar-refractivity contribution in [1.29, 1.82) is 0 Å². The molecule has 1 unspecified atom stereocenters. The molecule has 3 rings (SSSR count). The lowest BCUT2D eigenvalue weighted by Gasteiger charge is -2.37. The van der Waals surface area contributed by atoms with E-state index in [2.05, 4.69) is 15.3 Å². The Morgan fingerprint density at radius 1 is 1.41 bits per heavy atom. The maximum absolute atomic E-state index is 14.1. The summed E-state index contributed by atoms with van der Waals surface area (Å²) in [5.41, 5.74) is 0.426. The van der Waals surface area contributed by atoms with E-state index >= 15 is 0 Å². The van der Waals surface area contributed by atoms with Crippen molar-refractivity contribution in [3.8, 4) is 16.9 Å². The van der Waals surface area contributed by atoms with Crippen LogP contribution in [0.15, 0.2) is 36.8 Å². The lowest BCUT2D eigenvalue weighted by atomic mass is 9.77. The minimum Gasteiger partial charge on any atom is -0.491 e. The van der Waals surface area contributed by atoms with Crippen molar-refractivity contribution in [3.05, 3.63) is 42.7 Å². The van der Waals surface area contributed by atoms with E-state index in [4.69, 9.17) is 4.74 Å². The van der Waals surface area contributed by atoms with Crippen molar-refractivity contribution >= 4 is 6.09 Å². The molecule has 1 aliphatic rings. The first-order valence-electron chi connectivity index (χ1n) is 8.89. The predicted molar refractivity (Wildman–Crippen MR) is 99.0 cm³/mol. The summed E-state index contributed by atoms with van der Waals surface area (Å²) in [5, 5.41) is 11.9. The Labute approximate surface area is 157 Å². The predicted octanol–water partition coefficient (Wildman–Crippen LogP) is 4.12. The molecule has 7 heteroatoms. The van der Waals surface area contributed by atoms with E-state index < -0.39 is 12.0 Å². The molecular formula is C20H24FN3O3. The maximum atomic E-state index is 14.1. The fraction of sp³-hybridized carbons (Fsp3) is 0.450. The summed E-state index contributed by atoms with van der Waals surface area (Å²) in [6.07, 6.45) is 5.25. The molecule has 0 saturated heterocycles. The molecule has 1 aliphatic carbocycles. The Morgan fingerprint density at radius 3 is 2.70 bits per heavy atom. The lowest BCUT2D eigenvalue weighted by molar-refractivity contribution is 0.110. The Hall–Kier alpha value is -2.70. The fourth-order valence-corrected chi connectivity index (χ4v) is 3.55. The molecule has 1 saturated carbocycles. The Bertz CT molecular complexity index is 817. The zero-order chi connectivity index (χ0) is 19.7. The second kappa shape index (κ2) is 7.13. The number of carboxylic acid groups (broad SMARTS) is 1. The van der Waals surface area contributed by atoms with Crippen LogP contribution in [0.2, 0.25) is 0 Å². The molecule has 6 nitrogen and oxygen atoms in total. The minimum absolute atomic E-state index is 0.242. The molecule has 1 amide bonds. The highest BCUT2D eigenvalue weighted by Crippen LogP contribution is 2.53. The van der Waals surface area contributed by atoms with Crippen LogP contribution in [0.3, 0.4) is 0 Å². The Morgan fingerprint density at radius 2 is 2.15 bits per heavy atom. The largest absolute Gasteiger partial charge is 0.491 e. The molecule has 0 bridgehead atoms. The molecular weight excluding hydrogens is 349 g/mol. The normalized spacial score (nSPS) is 16.4. The van der Waals surface area contributed by atoms with Gasteiger partial charge in [0.1, 0.15) is 5.75 Å². The number of amides is 1. The molecule has 2 heterocycles. The highest BCUT2D eigenvalue weighted by Gasteiger charge is 2.54. The van der Waals surface area contributed by atoms with E-state index in [1.165, 1.54) is 6.20 Å². The second-order valence-electron chi connectivity index (χ2n) is 8.15. The van der Waals surface area contributed by atoms with Crippen LogP contribution in [-0.4, -0.2) is 33.8 Å². The van der Waals surface area contributed by atoms with Crippen LogP contribution in [0.1, 0.15) is 33.6 Å². The average Bonchev–Trinajstić information content (AvgIpc) is 3.39. The van der Waals surface area contributed by atoms with Gasteiger partial charge in [-0.3, -0.25) is 4.98 Å². The molecule has 144 valence electrons. The number of halogens is 1. The third-order valence-electron chi connectivity index (χ3n) is 4.95. The Balaban J connectivity index is 1.77. The number of ether oxygens (including phenoxy) is 1. The molecule has 2 N–H and O–H groups in total. The molecule has 2 aromatic rings. The van der Waals surface area contributed by atoms with Crippen LogP contribution >= 0.6 is 0 Å². The van der Waals surface area contributed by atoms with E-state index in [9.17, 15) is 14.3 Å². The third kappa shape index (κ3) is 4.35. The fourth-order valence-electron chi connectivity index (χ4n) is 3.55. The second-order valence-corrected chi connectivity index (χ2v) is 8.15. The summed E-state index contributed by atoms with van der Waals surface area (Å²) in [4.78, 5) is 19.0. The Kier molecular flexibility index (Phi) is 5.04. The summed E-state index contributed by atoms with van der Waals surface area (Å²) in [6, 6.07) is 4.85. The zero-order valence-electron chi connectivity index (χ0n) is 15.7. The molecule has 1 fully saturated rings. The van der Waals surface area contributed by atoms with Crippen molar-refractivity contribution < 1.29 is 19.0 Å².